The molecule has 0 aromatic heterocycles. The Morgan fingerprint density at radius 2 is 0.662 bits per heavy atom. The van der Waals surface area contributed by atoms with Gasteiger partial charge in [-0.05, 0) is 87.8 Å². The number of rotatable bonds is 30. The number of benzene rings is 2. The van der Waals surface area contributed by atoms with Crippen LogP contribution in [0.25, 0.3) is 0 Å². The molecule has 0 unspecified atom stereocenters. The molecule has 0 saturated heterocycles. The first-order chi connectivity index (χ1) is 30.6. The third kappa shape index (κ3) is 27.6. The van der Waals surface area contributed by atoms with Crippen molar-refractivity contribution in [1.29, 1.82) is 0 Å². The maximum Gasteiger partial charge on any atom is 2.00 e. The van der Waals surface area contributed by atoms with Crippen molar-refractivity contribution in [2.45, 2.75) is 140 Å². The van der Waals surface area contributed by atoms with Crippen molar-refractivity contribution < 1.29 is 64.1 Å². The van der Waals surface area contributed by atoms with Gasteiger partial charge in [0.1, 0.15) is 46.7 Å². The van der Waals surface area contributed by atoms with Crippen LogP contribution in [0.4, 0.5) is 0 Å². The van der Waals surface area contributed by atoms with E-state index in [0.717, 1.165) is 139 Å². The molecular weight excluding hydrogens is 905 g/mol. The van der Waals surface area contributed by atoms with Crippen LogP contribution in [0.15, 0.2) is 94.8 Å². The van der Waals surface area contributed by atoms with Crippen molar-refractivity contribution in [3.05, 3.63) is 107 Å². The number of esters is 4. The Balaban J connectivity index is 0.00000124. The summed E-state index contributed by atoms with van der Waals surface area (Å²) >= 11 is 0. The van der Waals surface area contributed by atoms with Crippen LogP contribution in [0, 0.1) is 0 Å². The Morgan fingerprint density at radius 1 is 0.415 bits per heavy atom. The monoisotopic (exact) mass is 970 g/mol. The summed E-state index contributed by atoms with van der Waals surface area (Å²) in [6.07, 6.45) is 31.0. The molecule has 2 aromatic rings. The van der Waals surface area contributed by atoms with E-state index in [1.807, 2.05) is 24.3 Å². The Bertz CT molecular complexity index is 1930. The summed E-state index contributed by atoms with van der Waals surface area (Å²) in [7, 11) is -9.61. The maximum atomic E-state index is 12.5. The molecule has 0 amide bonds. The molecule has 0 radical (unpaired) electrons. The van der Waals surface area contributed by atoms with Gasteiger partial charge in [0.15, 0.2) is 0 Å². The molecule has 356 valence electrons. The van der Waals surface area contributed by atoms with E-state index >= 15 is 0 Å². The molecular formula is C48H66CaO14S2. The van der Waals surface area contributed by atoms with Crippen LogP contribution < -0.4 is 0 Å². The number of hydrogen-bond acceptors (Lipinski definition) is 14. The minimum atomic E-state index is -4.81. The van der Waals surface area contributed by atoms with Crippen molar-refractivity contribution in [2.75, 3.05) is 26.4 Å². The molecule has 0 N–H and O–H groups in total. The summed E-state index contributed by atoms with van der Waals surface area (Å²) in [5.74, 6) is -3.42. The van der Waals surface area contributed by atoms with E-state index in [0.29, 0.717) is 0 Å². The summed E-state index contributed by atoms with van der Waals surface area (Å²) in [6, 6.07) is 5.85. The molecule has 0 aliphatic rings. The van der Waals surface area contributed by atoms with Gasteiger partial charge in [0, 0.05) is 0 Å². The molecule has 0 spiro atoms. The Morgan fingerprint density at radius 3 is 0.892 bits per heavy atom. The molecule has 0 bridgehead atoms. The molecule has 0 heterocycles. The maximum absolute atomic E-state index is 12.5. The third-order valence-electron chi connectivity index (χ3n) is 9.25. The fourth-order valence-corrected chi connectivity index (χ4v) is 6.64. The average molecular weight is 971 g/mol. The zero-order chi connectivity index (χ0) is 47.6. The van der Waals surface area contributed by atoms with Gasteiger partial charge in [-0.15, -0.1) is 0 Å². The predicted octanol–water partition coefficient (Wildman–Crippen LogP) is 9.97. The molecule has 65 heavy (non-hydrogen) atoms. The number of carbonyl (C=O) groups excluding carboxylic acids is 4. The zero-order valence-corrected chi connectivity index (χ0v) is 42.3. The van der Waals surface area contributed by atoms with E-state index in [1.54, 1.807) is 24.3 Å². The van der Waals surface area contributed by atoms with Gasteiger partial charge in [0.05, 0.1) is 32.0 Å². The minimum Gasteiger partial charge on any atom is -0.744 e. The first kappa shape index (κ1) is 61.4. The first-order valence-corrected chi connectivity index (χ1v) is 24.9. The second-order valence-electron chi connectivity index (χ2n) is 14.6. The summed E-state index contributed by atoms with van der Waals surface area (Å²) in [5, 5.41) is 0. The second-order valence-corrected chi connectivity index (χ2v) is 17.3. The van der Waals surface area contributed by atoms with Crippen LogP contribution in [-0.2, 0) is 39.2 Å². The van der Waals surface area contributed by atoms with E-state index in [1.165, 1.54) is 0 Å². The molecule has 2 rings (SSSR count). The van der Waals surface area contributed by atoms with E-state index in [4.69, 9.17) is 18.9 Å². The van der Waals surface area contributed by atoms with Crippen molar-refractivity contribution in [1.82, 2.24) is 0 Å². The molecule has 17 heteroatoms. The van der Waals surface area contributed by atoms with Gasteiger partial charge >= 0.3 is 61.6 Å². The van der Waals surface area contributed by atoms with Gasteiger partial charge in [-0.1, -0.05) is 128 Å². The molecule has 0 atom stereocenters. The van der Waals surface area contributed by atoms with Crippen molar-refractivity contribution in [3.8, 4) is 0 Å². The quantitative estimate of drug-likeness (QED) is 0.0178. The smallest absolute Gasteiger partial charge is 0.744 e. The summed E-state index contributed by atoms with van der Waals surface area (Å²) in [4.78, 5) is 48.6. The molecule has 14 nitrogen and oxygen atoms in total. The van der Waals surface area contributed by atoms with Crippen molar-refractivity contribution in [3.63, 3.8) is 0 Å². The van der Waals surface area contributed by atoms with Gasteiger partial charge in [-0.3, -0.25) is 0 Å². The van der Waals surface area contributed by atoms with Crippen molar-refractivity contribution >= 4 is 81.9 Å². The Labute approximate surface area is 416 Å². The summed E-state index contributed by atoms with van der Waals surface area (Å²) in [6.45, 7) is 8.40. The van der Waals surface area contributed by atoms with Crippen LogP contribution in [-0.4, -0.2) is 114 Å². The molecule has 0 fully saturated rings. The van der Waals surface area contributed by atoms with Crippen LogP contribution in [0.2, 0.25) is 0 Å². The fraction of sp³-hybridized carbons (Fsp3) is 0.500. The zero-order valence-electron chi connectivity index (χ0n) is 38.5. The normalized spacial score (nSPS) is 11.7. The van der Waals surface area contributed by atoms with Gasteiger partial charge in [-0.25, -0.2) is 36.0 Å². The second kappa shape index (κ2) is 36.5. The largest absolute Gasteiger partial charge is 2.00 e. The molecule has 0 aliphatic carbocycles. The molecule has 0 saturated carbocycles. The first-order valence-electron chi connectivity index (χ1n) is 22.1. The van der Waals surface area contributed by atoms with E-state index in [-0.39, 0.29) is 86.4 Å². The summed E-state index contributed by atoms with van der Waals surface area (Å²) < 4.78 is 88.7. The fourth-order valence-electron chi connectivity index (χ4n) is 5.65. The standard InChI is InChI=1S/2C24H34O7S.Ca/c2*1-3-5-7-9-11-13-17-30-23(25)21-16-15-20(32(27,28)29)19-22(21)24(26)31-18-14-12-10-8-6-4-2;/h2*11-16,19H,3-10,17-18H2,1-2H3,(H,27,28,29);/q;;+2/p-2/b2*13-11+,14-12+;. The minimum absolute atomic E-state index is 0. The Kier molecular flexibility index (Phi) is 34.4. The van der Waals surface area contributed by atoms with Gasteiger partial charge in [0.25, 0.3) is 0 Å². The third-order valence-corrected chi connectivity index (χ3v) is 10.9. The van der Waals surface area contributed by atoms with E-state index in [9.17, 15) is 45.1 Å². The predicted molar refractivity (Wildman–Crippen MR) is 249 cm³/mol. The van der Waals surface area contributed by atoms with Gasteiger partial charge in [0.2, 0.25) is 0 Å². The van der Waals surface area contributed by atoms with Crippen LogP contribution >= 0.6 is 0 Å². The van der Waals surface area contributed by atoms with Crippen LogP contribution in [0.1, 0.15) is 172 Å². The van der Waals surface area contributed by atoms with Gasteiger partial charge in [-0.2, -0.15) is 0 Å². The number of allylic oxidation sites excluding steroid dienone is 4. The number of hydrogen-bond donors (Lipinski definition) is 0. The number of unbranched alkanes of at least 4 members (excludes halogenated alkanes) is 12. The SMILES string of the molecule is CCCCC/C=C/COC(=O)c1ccc(S(=O)(=O)[O-])cc1C(=O)OC/C=C/CCCCC.CCCCC/C=C/COC(=O)c1ccc(S(=O)(=O)[O-])cc1C(=O)OC/C=C/CCCCC.[Ca+2]. The topological polar surface area (TPSA) is 220 Å². The average Bonchev–Trinajstić information content (AvgIpc) is 3.26. The van der Waals surface area contributed by atoms with Gasteiger partial charge < -0.3 is 28.1 Å². The molecule has 0 aliphatic heterocycles. The molecule has 2 aromatic carbocycles. The number of ether oxygens (including phenoxy) is 4. The van der Waals surface area contributed by atoms with Crippen LogP contribution in [0.5, 0.6) is 0 Å². The van der Waals surface area contributed by atoms with E-state index in [2.05, 4.69) is 27.7 Å². The number of carbonyl (C=O) groups is 4. The van der Waals surface area contributed by atoms with Crippen LogP contribution in [0.3, 0.4) is 0 Å². The summed E-state index contributed by atoms with van der Waals surface area (Å²) in [5.41, 5.74) is -0.959. The Hall–Kier alpha value is -3.64. The van der Waals surface area contributed by atoms with E-state index < -0.39 is 53.9 Å². The van der Waals surface area contributed by atoms with Crippen molar-refractivity contribution in [2.24, 2.45) is 0 Å².